The van der Waals surface area contributed by atoms with Crippen molar-refractivity contribution in [3.05, 3.63) is 53.7 Å². The van der Waals surface area contributed by atoms with Gasteiger partial charge < -0.3 is 25.8 Å². The van der Waals surface area contributed by atoms with Crippen LogP contribution in [0, 0.1) is 23.5 Å². The van der Waals surface area contributed by atoms with E-state index in [1.807, 2.05) is 25.9 Å². The van der Waals surface area contributed by atoms with Gasteiger partial charge in [-0.1, -0.05) is 24.8 Å². The second-order valence-electron chi connectivity index (χ2n) is 9.12. The van der Waals surface area contributed by atoms with Crippen LogP contribution >= 0.6 is 0 Å². The number of halogens is 2. The van der Waals surface area contributed by atoms with E-state index in [4.69, 9.17) is 0 Å². The minimum atomic E-state index is -0.967. The molecular weight excluding hydrogens is 504 g/mol. The fraction of sp³-hybridized carbons (Fsp3) is 0.429. The highest BCUT2D eigenvalue weighted by Gasteiger charge is 2.20. The zero-order chi connectivity index (χ0) is 28.8. The van der Waals surface area contributed by atoms with Crippen molar-refractivity contribution in [2.24, 2.45) is 0 Å². The Kier molecular flexibility index (Phi) is 12.8. The monoisotopic (exact) mass is 541 g/mol. The van der Waals surface area contributed by atoms with Crippen molar-refractivity contribution in [2.75, 3.05) is 51.4 Å². The SMILES string of the molecule is CCCNc1nc(Nc2ccc(F)c(F)c2)ncc1C#CCCCNC(=O)[C@H](C)N(C)C(=O)/C=C/CN(C)C. The standard InChI is InChI=1S/C28H37F2N7O2/c1-6-15-31-26-21(19-33-28(35-26)34-22-13-14-23(29)24(30)18-22)11-8-7-9-16-32-27(39)20(2)37(5)25(38)12-10-17-36(3)4/h10,12-14,18-20H,6-7,9,15-17H2,1-5H3,(H,32,39)(H2,31,33,34,35)/b12-10+/t20-/m0/s1. The molecule has 0 bridgehead atoms. The number of anilines is 3. The molecule has 0 aliphatic heterocycles. The molecule has 1 aromatic heterocycles. The third-order valence-corrected chi connectivity index (χ3v) is 5.55. The molecule has 0 aliphatic carbocycles. The van der Waals surface area contributed by atoms with E-state index in [1.165, 1.54) is 17.0 Å². The molecule has 11 heteroatoms. The lowest BCUT2D eigenvalue weighted by atomic mass is 10.2. The molecule has 2 amide bonds. The normalized spacial score (nSPS) is 11.6. The van der Waals surface area contributed by atoms with Crippen LogP contribution in [-0.4, -0.2) is 78.4 Å². The molecule has 1 atom stereocenters. The second kappa shape index (κ2) is 16.0. The molecule has 1 heterocycles. The van der Waals surface area contributed by atoms with Crippen molar-refractivity contribution in [1.29, 1.82) is 0 Å². The van der Waals surface area contributed by atoms with E-state index in [9.17, 15) is 18.4 Å². The quantitative estimate of drug-likeness (QED) is 0.203. The average Bonchev–Trinajstić information content (AvgIpc) is 2.90. The zero-order valence-corrected chi connectivity index (χ0v) is 23.1. The number of nitrogens with one attached hydrogen (secondary N) is 3. The zero-order valence-electron chi connectivity index (χ0n) is 23.1. The van der Waals surface area contributed by atoms with Crippen molar-refractivity contribution >= 4 is 29.3 Å². The van der Waals surface area contributed by atoms with Gasteiger partial charge in [0, 0.05) is 50.9 Å². The van der Waals surface area contributed by atoms with Crippen molar-refractivity contribution < 1.29 is 18.4 Å². The van der Waals surface area contributed by atoms with E-state index >= 15 is 0 Å². The molecule has 0 spiro atoms. The number of amides is 2. The number of carbonyl (C=O) groups excluding carboxylic acids is 2. The number of benzene rings is 1. The second-order valence-corrected chi connectivity index (χ2v) is 9.12. The highest BCUT2D eigenvalue weighted by Crippen LogP contribution is 2.19. The Morgan fingerprint density at radius 3 is 2.62 bits per heavy atom. The molecule has 0 fully saturated rings. The number of carbonyl (C=O) groups is 2. The summed E-state index contributed by atoms with van der Waals surface area (Å²) >= 11 is 0. The summed E-state index contributed by atoms with van der Waals surface area (Å²) in [5.41, 5.74) is 0.918. The van der Waals surface area contributed by atoms with Gasteiger partial charge in [-0.25, -0.2) is 13.8 Å². The Labute approximate surface area is 229 Å². The molecule has 9 nitrogen and oxygen atoms in total. The third kappa shape index (κ3) is 10.7. The van der Waals surface area contributed by atoms with Gasteiger partial charge in [-0.2, -0.15) is 4.98 Å². The maximum absolute atomic E-state index is 13.5. The van der Waals surface area contributed by atoms with Crippen molar-refractivity contribution in [1.82, 2.24) is 25.1 Å². The average molecular weight is 542 g/mol. The summed E-state index contributed by atoms with van der Waals surface area (Å²) in [5.74, 6) is 4.50. The number of hydrogen-bond acceptors (Lipinski definition) is 7. The fourth-order valence-corrected chi connectivity index (χ4v) is 3.16. The first-order valence-electron chi connectivity index (χ1n) is 12.8. The van der Waals surface area contributed by atoms with Gasteiger partial charge in [0.25, 0.3) is 0 Å². The van der Waals surface area contributed by atoms with E-state index in [2.05, 4.69) is 37.8 Å². The van der Waals surface area contributed by atoms with Gasteiger partial charge >= 0.3 is 0 Å². The Hall–Kier alpha value is -4.04. The first-order chi connectivity index (χ1) is 18.6. The van der Waals surface area contributed by atoms with Crippen molar-refractivity contribution in [3.63, 3.8) is 0 Å². The van der Waals surface area contributed by atoms with Gasteiger partial charge in [0.05, 0.1) is 11.8 Å². The summed E-state index contributed by atoms with van der Waals surface area (Å²) in [6.45, 7) is 5.43. The van der Waals surface area contributed by atoms with Crippen molar-refractivity contribution in [2.45, 2.75) is 39.2 Å². The summed E-state index contributed by atoms with van der Waals surface area (Å²) < 4.78 is 26.7. The van der Waals surface area contributed by atoms with Gasteiger partial charge in [0.2, 0.25) is 17.8 Å². The number of aromatic nitrogens is 2. The van der Waals surface area contributed by atoms with Gasteiger partial charge in [-0.3, -0.25) is 9.59 Å². The molecule has 2 rings (SSSR count). The first-order valence-corrected chi connectivity index (χ1v) is 12.8. The smallest absolute Gasteiger partial charge is 0.246 e. The third-order valence-electron chi connectivity index (χ3n) is 5.55. The Morgan fingerprint density at radius 1 is 1.15 bits per heavy atom. The van der Waals surface area contributed by atoms with Gasteiger partial charge in [0.1, 0.15) is 11.9 Å². The molecule has 210 valence electrons. The lowest BCUT2D eigenvalue weighted by Crippen LogP contribution is -2.45. The number of rotatable bonds is 13. The number of unbranched alkanes of at least 4 members (excludes halogenated alkanes) is 1. The molecule has 0 saturated heterocycles. The van der Waals surface area contributed by atoms with E-state index in [1.54, 1.807) is 26.2 Å². The predicted molar refractivity (Wildman–Crippen MR) is 150 cm³/mol. The van der Waals surface area contributed by atoms with Crippen LogP contribution in [0.25, 0.3) is 0 Å². The van der Waals surface area contributed by atoms with Crippen LogP contribution in [0.5, 0.6) is 0 Å². The minimum Gasteiger partial charge on any atom is -0.369 e. The number of likely N-dealkylation sites (N-methyl/N-ethyl adjacent to an activating group) is 2. The Balaban J connectivity index is 1.89. The minimum absolute atomic E-state index is 0.221. The van der Waals surface area contributed by atoms with Crippen LogP contribution in [-0.2, 0) is 9.59 Å². The van der Waals surface area contributed by atoms with Crippen LogP contribution < -0.4 is 16.0 Å². The lowest BCUT2D eigenvalue weighted by Gasteiger charge is -2.23. The molecule has 2 aromatic rings. The van der Waals surface area contributed by atoms with E-state index in [-0.39, 0.29) is 17.8 Å². The summed E-state index contributed by atoms with van der Waals surface area (Å²) in [4.78, 5) is 36.6. The molecule has 0 saturated carbocycles. The van der Waals surface area contributed by atoms with Crippen molar-refractivity contribution in [3.8, 4) is 11.8 Å². The predicted octanol–water partition coefficient (Wildman–Crippen LogP) is 3.53. The van der Waals surface area contributed by atoms with Crippen LogP contribution in [0.2, 0.25) is 0 Å². The van der Waals surface area contributed by atoms with Gasteiger partial charge in [-0.05, 0) is 46.0 Å². The van der Waals surface area contributed by atoms with Gasteiger partial charge in [0.15, 0.2) is 11.6 Å². The fourth-order valence-electron chi connectivity index (χ4n) is 3.16. The van der Waals surface area contributed by atoms with E-state index < -0.39 is 17.7 Å². The maximum Gasteiger partial charge on any atom is 0.246 e. The Morgan fingerprint density at radius 2 is 1.92 bits per heavy atom. The number of nitrogens with zero attached hydrogens (tertiary/aromatic N) is 4. The van der Waals surface area contributed by atoms with Crippen LogP contribution in [0.4, 0.5) is 26.2 Å². The lowest BCUT2D eigenvalue weighted by molar-refractivity contribution is -0.135. The molecule has 39 heavy (non-hydrogen) atoms. The largest absolute Gasteiger partial charge is 0.369 e. The molecule has 0 aliphatic rings. The van der Waals surface area contributed by atoms with Gasteiger partial charge in [-0.15, -0.1) is 0 Å². The molecule has 0 radical (unpaired) electrons. The van der Waals surface area contributed by atoms with Crippen LogP contribution in [0.1, 0.15) is 38.7 Å². The van der Waals surface area contributed by atoms with E-state index in [0.717, 1.165) is 18.6 Å². The van der Waals surface area contributed by atoms with Crippen LogP contribution in [0.15, 0.2) is 36.5 Å². The Bertz CT molecular complexity index is 1210. The summed E-state index contributed by atoms with van der Waals surface area (Å²) in [5, 5.41) is 8.90. The molecule has 0 unspecified atom stereocenters. The highest BCUT2D eigenvalue weighted by atomic mass is 19.2. The molecule has 3 N–H and O–H groups in total. The summed E-state index contributed by atoms with van der Waals surface area (Å²) in [7, 11) is 5.41. The first kappa shape index (κ1) is 31.2. The number of hydrogen-bond donors (Lipinski definition) is 3. The summed E-state index contributed by atoms with van der Waals surface area (Å²) in [6.07, 6.45) is 6.81. The highest BCUT2D eigenvalue weighted by molar-refractivity contribution is 5.92. The van der Waals surface area contributed by atoms with Crippen LogP contribution in [0.3, 0.4) is 0 Å². The summed E-state index contributed by atoms with van der Waals surface area (Å²) in [6, 6.07) is 2.85. The molecule has 1 aromatic carbocycles. The maximum atomic E-state index is 13.5. The van der Waals surface area contributed by atoms with E-state index in [0.29, 0.717) is 49.5 Å². The molecular formula is C28H37F2N7O2. The topological polar surface area (TPSA) is 102 Å².